The minimum atomic E-state index is 0.680. The second-order valence-corrected chi connectivity index (χ2v) is 5.11. The van der Waals surface area contributed by atoms with Gasteiger partial charge in [-0.05, 0) is 48.2 Å². The monoisotopic (exact) mass is 291 g/mol. The van der Waals surface area contributed by atoms with E-state index in [2.05, 4.69) is 25.1 Å². The minimum Gasteiger partial charge on any atom is -0.493 e. The molecule has 0 N–H and O–H groups in total. The largest absolute Gasteiger partial charge is 0.493 e. The molecule has 2 nitrogen and oxygen atoms in total. The number of rotatable bonds is 7. The maximum Gasteiger partial charge on any atom is 0.119 e. The number of benzene rings is 2. The molecular formula is C20H21NO. The van der Waals surface area contributed by atoms with Crippen molar-refractivity contribution in [2.75, 3.05) is 6.61 Å². The van der Waals surface area contributed by atoms with Crippen LogP contribution in [0.3, 0.4) is 0 Å². The Labute approximate surface area is 132 Å². The van der Waals surface area contributed by atoms with E-state index < -0.39 is 0 Å². The first-order valence-corrected chi connectivity index (χ1v) is 7.72. The van der Waals surface area contributed by atoms with E-state index in [0.717, 1.165) is 29.7 Å². The zero-order valence-electron chi connectivity index (χ0n) is 13.0. The van der Waals surface area contributed by atoms with Crippen LogP contribution in [0.4, 0.5) is 0 Å². The van der Waals surface area contributed by atoms with Crippen molar-refractivity contribution in [1.29, 1.82) is 5.26 Å². The second kappa shape index (κ2) is 8.69. The molecule has 2 aromatic rings. The van der Waals surface area contributed by atoms with Gasteiger partial charge in [-0.1, -0.05) is 49.8 Å². The molecule has 0 aliphatic carbocycles. The summed E-state index contributed by atoms with van der Waals surface area (Å²) in [5, 5.41) is 8.81. The number of ether oxygens (including phenoxy) is 1. The Morgan fingerprint density at radius 3 is 2.09 bits per heavy atom. The second-order valence-electron chi connectivity index (χ2n) is 5.11. The standard InChI is InChI=1S/C20H21NO/c1-2-3-4-5-6-15-22-20-13-11-19(12-14-20)18-9-7-17(16-21)8-10-18/h4-5,7-14H,2-3,6,15H2,1H3. The predicted molar refractivity (Wildman–Crippen MR) is 90.8 cm³/mol. The summed E-state index contributed by atoms with van der Waals surface area (Å²) >= 11 is 0. The van der Waals surface area contributed by atoms with Crippen LogP contribution in [-0.4, -0.2) is 6.61 Å². The third-order valence-electron chi connectivity index (χ3n) is 3.38. The van der Waals surface area contributed by atoms with Gasteiger partial charge in [-0.25, -0.2) is 0 Å². The van der Waals surface area contributed by atoms with E-state index in [-0.39, 0.29) is 0 Å². The van der Waals surface area contributed by atoms with E-state index in [0.29, 0.717) is 12.2 Å². The molecule has 0 unspecified atom stereocenters. The van der Waals surface area contributed by atoms with Crippen LogP contribution in [0.2, 0.25) is 0 Å². The summed E-state index contributed by atoms with van der Waals surface area (Å²) in [4.78, 5) is 0. The first kappa shape index (κ1) is 15.9. The lowest BCUT2D eigenvalue weighted by atomic mass is 10.0. The summed E-state index contributed by atoms with van der Waals surface area (Å²) in [6, 6.07) is 17.8. The van der Waals surface area contributed by atoms with Crippen LogP contribution < -0.4 is 4.74 Å². The Balaban J connectivity index is 1.88. The molecule has 0 amide bonds. The number of nitrogens with zero attached hydrogens (tertiary/aromatic N) is 1. The number of unbranched alkanes of at least 4 members (excludes halogenated alkanes) is 1. The normalized spacial score (nSPS) is 10.5. The fourth-order valence-electron chi connectivity index (χ4n) is 2.13. The number of nitriles is 1. The lowest BCUT2D eigenvalue weighted by Gasteiger charge is -2.06. The lowest BCUT2D eigenvalue weighted by molar-refractivity contribution is 0.325. The highest BCUT2D eigenvalue weighted by molar-refractivity contribution is 5.64. The van der Waals surface area contributed by atoms with Gasteiger partial charge in [0.05, 0.1) is 18.2 Å². The maximum atomic E-state index is 8.81. The average Bonchev–Trinajstić information content (AvgIpc) is 2.59. The molecule has 0 spiro atoms. The Hall–Kier alpha value is -2.53. The summed E-state index contributed by atoms with van der Waals surface area (Å²) in [6.07, 6.45) is 7.65. The van der Waals surface area contributed by atoms with Crippen LogP contribution >= 0.6 is 0 Å². The summed E-state index contributed by atoms with van der Waals surface area (Å²) in [5.74, 6) is 0.890. The van der Waals surface area contributed by atoms with Crippen molar-refractivity contribution in [3.8, 4) is 22.9 Å². The van der Waals surface area contributed by atoms with Gasteiger partial charge in [-0.15, -0.1) is 0 Å². The van der Waals surface area contributed by atoms with E-state index in [1.54, 1.807) is 0 Å². The number of allylic oxidation sites excluding steroid dienone is 1. The fraction of sp³-hybridized carbons (Fsp3) is 0.250. The molecule has 2 heteroatoms. The van der Waals surface area contributed by atoms with Gasteiger partial charge >= 0.3 is 0 Å². The molecule has 0 saturated heterocycles. The SMILES string of the molecule is CCCC=CCCOc1ccc(-c2ccc(C#N)cc2)cc1. The maximum absolute atomic E-state index is 8.81. The summed E-state index contributed by atoms with van der Waals surface area (Å²) in [5.41, 5.74) is 2.91. The molecule has 0 fully saturated rings. The highest BCUT2D eigenvalue weighted by atomic mass is 16.5. The number of hydrogen-bond donors (Lipinski definition) is 0. The summed E-state index contributed by atoms with van der Waals surface area (Å²) in [6.45, 7) is 2.88. The smallest absolute Gasteiger partial charge is 0.119 e. The molecule has 0 radical (unpaired) electrons. The predicted octanol–water partition coefficient (Wildman–Crippen LogP) is 5.35. The van der Waals surface area contributed by atoms with Crippen LogP contribution in [-0.2, 0) is 0 Å². The molecule has 0 aromatic heterocycles. The van der Waals surface area contributed by atoms with E-state index in [9.17, 15) is 0 Å². The molecule has 0 aliphatic rings. The Kier molecular flexibility index (Phi) is 6.26. The minimum absolute atomic E-state index is 0.680. The Bertz CT molecular complexity index is 633. The van der Waals surface area contributed by atoms with Gasteiger partial charge < -0.3 is 4.74 Å². The van der Waals surface area contributed by atoms with E-state index in [1.165, 1.54) is 6.42 Å². The van der Waals surface area contributed by atoms with Gasteiger partial charge in [0.15, 0.2) is 0 Å². The van der Waals surface area contributed by atoms with E-state index >= 15 is 0 Å². The van der Waals surface area contributed by atoms with Gasteiger partial charge in [0, 0.05) is 0 Å². The number of hydrogen-bond acceptors (Lipinski definition) is 2. The molecule has 2 rings (SSSR count). The van der Waals surface area contributed by atoms with E-state index in [1.807, 2.05) is 48.5 Å². The molecule has 2 aromatic carbocycles. The van der Waals surface area contributed by atoms with Crippen LogP contribution in [0.25, 0.3) is 11.1 Å². The molecule has 0 heterocycles. The Morgan fingerprint density at radius 1 is 0.909 bits per heavy atom. The van der Waals surface area contributed by atoms with Crippen LogP contribution in [0.15, 0.2) is 60.7 Å². The van der Waals surface area contributed by atoms with Gasteiger partial charge in [0.1, 0.15) is 5.75 Å². The van der Waals surface area contributed by atoms with Gasteiger partial charge in [0.2, 0.25) is 0 Å². The highest BCUT2D eigenvalue weighted by Crippen LogP contribution is 2.22. The van der Waals surface area contributed by atoms with Crippen LogP contribution in [0.5, 0.6) is 5.75 Å². The molecule has 0 atom stereocenters. The van der Waals surface area contributed by atoms with Crippen LogP contribution in [0.1, 0.15) is 31.7 Å². The third-order valence-corrected chi connectivity index (χ3v) is 3.38. The lowest BCUT2D eigenvalue weighted by Crippen LogP contribution is -1.95. The van der Waals surface area contributed by atoms with Crippen LogP contribution in [0, 0.1) is 11.3 Å². The van der Waals surface area contributed by atoms with Gasteiger partial charge in [-0.2, -0.15) is 5.26 Å². The summed E-state index contributed by atoms with van der Waals surface area (Å²) < 4.78 is 5.72. The molecule has 0 bridgehead atoms. The molecular weight excluding hydrogens is 270 g/mol. The summed E-state index contributed by atoms with van der Waals surface area (Å²) in [7, 11) is 0. The van der Waals surface area contributed by atoms with Crippen molar-refractivity contribution in [3.05, 3.63) is 66.2 Å². The first-order chi connectivity index (χ1) is 10.8. The fourth-order valence-corrected chi connectivity index (χ4v) is 2.13. The topological polar surface area (TPSA) is 33.0 Å². The molecule has 112 valence electrons. The zero-order chi connectivity index (χ0) is 15.6. The van der Waals surface area contributed by atoms with Gasteiger partial charge in [-0.3, -0.25) is 0 Å². The third kappa shape index (κ3) is 4.79. The molecule has 22 heavy (non-hydrogen) atoms. The van der Waals surface area contributed by atoms with Gasteiger partial charge in [0.25, 0.3) is 0 Å². The molecule has 0 saturated carbocycles. The Morgan fingerprint density at radius 2 is 1.50 bits per heavy atom. The first-order valence-electron chi connectivity index (χ1n) is 7.72. The zero-order valence-corrected chi connectivity index (χ0v) is 13.0. The van der Waals surface area contributed by atoms with Crippen molar-refractivity contribution in [2.45, 2.75) is 26.2 Å². The van der Waals surface area contributed by atoms with E-state index in [4.69, 9.17) is 10.00 Å². The van der Waals surface area contributed by atoms with Crippen molar-refractivity contribution < 1.29 is 4.74 Å². The average molecular weight is 291 g/mol. The van der Waals surface area contributed by atoms with Crippen molar-refractivity contribution in [3.63, 3.8) is 0 Å². The highest BCUT2D eigenvalue weighted by Gasteiger charge is 1.99. The van der Waals surface area contributed by atoms with Crippen molar-refractivity contribution in [2.24, 2.45) is 0 Å². The van der Waals surface area contributed by atoms with Crippen molar-refractivity contribution >= 4 is 0 Å². The van der Waals surface area contributed by atoms with Crippen molar-refractivity contribution in [1.82, 2.24) is 0 Å². The quantitative estimate of drug-likeness (QED) is 0.509. The molecule has 0 aliphatic heterocycles.